The van der Waals surface area contributed by atoms with Crippen LogP contribution in [0, 0.1) is 18.3 Å². The lowest BCUT2D eigenvalue weighted by molar-refractivity contribution is -0.143. The van der Waals surface area contributed by atoms with Crippen molar-refractivity contribution >= 4 is 12.0 Å². The number of carbonyl (C=O) groups excluding carboxylic acids is 1. The quantitative estimate of drug-likeness (QED) is 0.787. The molecular weight excluding hydrogens is 244 g/mol. The molecule has 0 radical (unpaired) electrons. The maximum atomic E-state index is 12.4. The number of nitrogens with zero attached hydrogens (tertiary/aromatic N) is 2. The van der Waals surface area contributed by atoms with E-state index in [-0.39, 0.29) is 18.0 Å². The average Bonchev–Trinajstić information content (AvgIpc) is 2.37. The van der Waals surface area contributed by atoms with Gasteiger partial charge in [0, 0.05) is 19.1 Å². The lowest BCUT2D eigenvalue weighted by Gasteiger charge is -2.39. The molecule has 1 saturated heterocycles. The Labute approximate surface area is 114 Å². The molecule has 0 bridgehead atoms. The number of terminal acetylenes is 1. The van der Waals surface area contributed by atoms with Gasteiger partial charge in [0.2, 0.25) is 0 Å². The van der Waals surface area contributed by atoms with Gasteiger partial charge in [0.25, 0.3) is 0 Å². The van der Waals surface area contributed by atoms with Crippen molar-refractivity contribution < 1.29 is 14.7 Å². The minimum Gasteiger partial charge on any atom is -0.481 e. The second kappa shape index (κ2) is 7.03. The van der Waals surface area contributed by atoms with E-state index in [1.807, 2.05) is 13.8 Å². The van der Waals surface area contributed by atoms with Crippen LogP contribution in [0.25, 0.3) is 0 Å². The number of likely N-dealkylation sites (tertiary alicyclic amines) is 1. The third kappa shape index (κ3) is 3.88. The summed E-state index contributed by atoms with van der Waals surface area (Å²) in [5.41, 5.74) is 0. The minimum atomic E-state index is -0.770. The largest absolute Gasteiger partial charge is 0.481 e. The van der Waals surface area contributed by atoms with Crippen molar-refractivity contribution in [1.82, 2.24) is 9.80 Å². The normalized spacial score (nSPS) is 22.7. The molecule has 0 aromatic heterocycles. The van der Waals surface area contributed by atoms with Crippen LogP contribution in [-0.4, -0.2) is 52.6 Å². The van der Waals surface area contributed by atoms with E-state index in [4.69, 9.17) is 11.5 Å². The Balaban J connectivity index is 2.67. The van der Waals surface area contributed by atoms with Gasteiger partial charge in [0.15, 0.2) is 0 Å². The fraction of sp³-hybridized carbons (Fsp3) is 0.714. The summed E-state index contributed by atoms with van der Waals surface area (Å²) >= 11 is 0. The van der Waals surface area contributed by atoms with Crippen molar-refractivity contribution in [2.24, 2.45) is 5.92 Å². The van der Waals surface area contributed by atoms with Gasteiger partial charge in [-0.1, -0.05) is 12.8 Å². The molecule has 1 N–H and O–H groups in total. The number of carboxylic acid groups (broad SMARTS) is 1. The number of carbonyl (C=O) groups is 2. The van der Waals surface area contributed by atoms with Gasteiger partial charge in [-0.05, 0) is 26.2 Å². The number of rotatable bonds is 4. The molecule has 0 spiro atoms. The first-order valence-electron chi connectivity index (χ1n) is 6.73. The molecule has 2 unspecified atom stereocenters. The fourth-order valence-corrected chi connectivity index (χ4v) is 2.48. The van der Waals surface area contributed by atoms with Crippen LogP contribution in [-0.2, 0) is 4.79 Å². The Bertz CT molecular complexity index is 375. The van der Waals surface area contributed by atoms with Crippen molar-refractivity contribution in [1.29, 1.82) is 0 Å². The number of hydrogen-bond acceptors (Lipinski definition) is 2. The Morgan fingerprint density at radius 1 is 1.53 bits per heavy atom. The van der Waals surface area contributed by atoms with Crippen molar-refractivity contribution in [3.05, 3.63) is 0 Å². The summed E-state index contributed by atoms with van der Waals surface area (Å²) in [6.07, 6.45) is 7.16. The second-order valence-electron chi connectivity index (χ2n) is 5.01. The molecule has 19 heavy (non-hydrogen) atoms. The van der Waals surface area contributed by atoms with E-state index < -0.39 is 5.97 Å². The maximum absolute atomic E-state index is 12.4. The van der Waals surface area contributed by atoms with Crippen molar-refractivity contribution in [3.63, 3.8) is 0 Å². The zero-order valence-electron chi connectivity index (χ0n) is 11.6. The van der Waals surface area contributed by atoms with E-state index in [1.54, 1.807) is 9.80 Å². The van der Waals surface area contributed by atoms with E-state index in [2.05, 4.69) is 5.92 Å². The number of piperidine rings is 1. The molecule has 0 aromatic rings. The van der Waals surface area contributed by atoms with Gasteiger partial charge in [-0.25, -0.2) is 4.79 Å². The highest BCUT2D eigenvalue weighted by Crippen LogP contribution is 2.24. The molecule has 1 fully saturated rings. The van der Waals surface area contributed by atoms with Crippen LogP contribution in [0.3, 0.4) is 0 Å². The van der Waals surface area contributed by atoms with Crippen LogP contribution in [0.15, 0.2) is 0 Å². The topological polar surface area (TPSA) is 60.9 Å². The first kappa shape index (κ1) is 15.4. The van der Waals surface area contributed by atoms with Gasteiger partial charge in [0.1, 0.15) is 0 Å². The monoisotopic (exact) mass is 266 g/mol. The van der Waals surface area contributed by atoms with Crippen molar-refractivity contribution in [2.75, 3.05) is 19.6 Å². The lowest BCUT2D eigenvalue weighted by atomic mass is 9.92. The minimum absolute atomic E-state index is 0.0560. The van der Waals surface area contributed by atoms with Crippen LogP contribution in [0.5, 0.6) is 0 Å². The number of urea groups is 1. The zero-order chi connectivity index (χ0) is 14.4. The molecule has 0 aliphatic carbocycles. The number of amides is 2. The maximum Gasteiger partial charge on any atom is 0.321 e. The molecule has 0 saturated carbocycles. The summed E-state index contributed by atoms with van der Waals surface area (Å²) in [6.45, 7) is 5.32. The Hall–Kier alpha value is -1.70. The van der Waals surface area contributed by atoms with Crippen molar-refractivity contribution in [2.45, 2.75) is 39.2 Å². The molecular formula is C14H22N2O3. The van der Waals surface area contributed by atoms with E-state index in [1.165, 1.54) is 0 Å². The summed E-state index contributed by atoms with van der Waals surface area (Å²) in [5.74, 6) is 1.39. The van der Waals surface area contributed by atoms with E-state index in [9.17, 15) is 9.59 Å². The molecule has 106 valence electrons. The fourth-order valence-electron chi connectivity index (χ4n) is 2.48. The molecule has 1 aliphatic rings. The molecule has 5 nitrogen and oxygen atoms in total. The highest BCUT2D eigenvalue weighted by atomic mass is 16.4. The predicted molar refractivity (Wildman–Crippen MR) is 72.6 cm³/mol. The standard InChI is InChI=1S/C14H22N2O3/c1-4-7-15(8-5-2)14(19)16-9-6-12(13(17)18)10-11(16)3/h1,11-12H,5-10H2,2-3H3,(H,17,18). The van der Waals surface area contributed by atoms with Gasteiger partial charge >= 0.3 is 12.0 Å². The number of aliphatic carboxylic acids is 1. The van der Waals surface area contributed by atoms with Gasteiger partial charge in [-0.3, -0.25) is 4.79 Å². The Morgan fingerprint density at radius 2 is 2.21 bits per heavy atom. The summed E-state index contributed by atoms with van der Waals surface area (Å²) in [7, 11) is 0. The van der Waals surface area contributed by atoms with E-state index in [0.717, 1.165) is 6.42 Å². The predicted octanol–water partition coefficient (Wildman–Crippen LogP) is 1.64. The molecule has 1 heterocycles. The van der Waals surface area contributed by atoms with Gasteiger partial charge in [-0.2, -0.15) is 0 Å². The van der Waals surface area contributed by atoms with Crippen LogP contribution in [0.2, 0.25) is 0 Å². The number of hydrogen-bond donors (Lipinski definition) is 1. The lowest BCUT2D eigenvalue weighted by Crippen LogP contribution is -2.51. The highest BCUT2D eigenvalue weighted by Gasteiger charge is 2.33. The summed E-state index contributed by atoms with van der Waals surface area (Å²) in [4.78, 5) is 26.7. The van der Waals surface area contributed by atoms with Gasteiger partial charge in [0.05, 0.1) is 12.5 Å². The van der Waals surface area contributed by atoms with Crippen LogP contribution in [0.1, 0.15) is 33.1 Å². The van der Waals surface area contributed by atoms with E-state index in [0.29, 0.717) is 32.5 Å². The van der Waals surface area contributed by atoms with Crippen molar-refractivity contribution in [3.8, 4) is 12.3 Å². The SMILES string of the molecule is C#CCN(CCC)C(=O)N1CCC(C(=O)O)CC1C. The highest BCUT2D eigenvalue weighted by molar-refractivity contribution is 5.76. The van der Waals surface area contributed by atoms with E-state index >= 15 is 0 Å². The number of carboxylic acids is 1. The van der Waals surface area contributed by atoms with Gasteiger partial charge in [-0.15, -0.1) is 6.42 Å². The third-order valence-electron chi connectivity index (χ3n) is 3.52. The first-order valence-corrected chi connectivity index (χ1v) is 6.73. The molecule has 2 amide bonds. The molecule has 1 aliphatic heterocycles. The summed E-state index contributed by atoms with van der Waals surface area (Å²) in [6, 6.07) is -0.129. The zero-order valence-corrected chi connectivity index (χ0v) is 11.6. The second-order valence-corrected chi connectivity index (χ2v) is 5.01. The Kier molecular flexibility index (Phi) is 5.68. The van der Waals surface area contributed by atoms with Gasteiger partial charge < -0.3 is 14.9 Å². The first-order chi connectivity index (χ1) is 9.01. The molecule has 0 aromatic carbocycles. The molecule has 2 atom stereocenters. The smallest absolute Gasteiger partial charge is 0.321 e. The van der Waals surface area contributed by atoms with Crippen LogP contribution >= 0.6 is 0 Å². The average molecular weight is 266 g/mol. The summed E-state index contributed by atoms with van der Waals surface area (Å²) < 4.78 is 0. The summed E-state index contributed by atoms with van der Waals surface area (Å²) in [5, 5.41) is 9.02. The third-order valence-corrected chi connectivity index (χ3v) is 3.52. The molecule has 1 rings (SSSR count). The molecule has 5 heteroatoms. The van der Waals surface area contributed by atoms with Crippen LogP contribution in [0.4, 0.5) is 4.79 Å². The van der Waals surface area contributed by atoms with Crippen LogP contribution < -0.4 is 0 Å². The Morgan fingerprint density at radius 3 is 2.68 bits per heavy atom.